The molecule has 0 N–H and O–H groups in total. The lowest BCUT2D eigenvalue weighted by Gasteiger charge is -2.11. The summed E-state index contributed by atoms with van der Waals surface area (Å²) >= 11 is 0. The SMILES string of the molecule is COC(=O)c1cc(-c2c(C)cccc2C)cn2ncnc12. The van der Waals surface area contributed by atoms with Crippen LogP contribution >= 0.6 is 0 Å². The molecule has 0 unspecified atom stereocenters. The van der Waals surface area contributed by atoms with E-state index >= 15 is 0 Å². The van der Waals surface area contributed by atoms with Gasteiger partial charge in [-0.05, 0) is 36.6 Å². The molecule has 2 aromatic heterocycles. The molecule has 0 aliphatic heterocycles. The van der Waals surface area contributed by atoms with Crippen molar-refractivity contribution in [1.29, 1.82) is 0 Å². The first-order valence-corrected chi connectivity index (χ1v) is 6.60. The first-order chi connectivity index (χ1) is 10.1. The highest BCUT2D eigenvalue weighted by Gasteiger charge is 2.16. The topological polar surface area (TPSA) is 56.5 Å². The Hall–Kier alpha value is -2.69. The molecule has 3 aromatic rings. The number of fused-ring (bicyclic) bond motifs is 1. The molecule has 5 nitrogen and oxygen atoms in total. The average molecular weight is 281 g/mol. The van der Waals surface area contributed by atoms with Gasteiger partial charge in [-0.2, -0.15) is 5.10 Å². The van der Waals surface area contributed by atoms with Crippen LogP contribution in [0.25, 0.3) is 16.8 Å². The van der Waals surface area contributed by atoms with E-state index in [1.54, 1.807) is 4.52 Å². The van der Waals surface area contributed by atoms with Crippen LogP contribution in [-0.2, 0) is 4.74 Å². The van der Waals surface area contributed by atoms with Gasteiger partial charge in [0.05, 0.1) is 7.11 Å². The molecule has 0 radical (unpaired) electrons. The maximum Gasteiger partial charge on any atom is 0.341 e. The normalized spacial score (nSPS) is 10.8. The van der Waals surface area contributed by atoms with Crippen LogP contribution in [-0.4, -0.2) is 27.7 Å². The molecule has 0 aliphatic rings. The van der Waals surface area contributed by atoms with Gasteiger partial charge in [-0.1, -0.05) is 18.2 Å². The molecule has 106 valence electrons. The molecule has 5 heteroatoms. The second-order valence-corrected chi connectivity index (χ2v) is 4.93. The van der Waals surface area contributed by atoms with E-state index in [1.165, 1.54) is 13.4 Å². The van der Waals surface area contributed by atoms with E-state index in [4.69, 9.17) is 4.74 Å². The monoisotopic (exact) mass is 281 g/mol. The van der Waals surface area contributed by atoms with Gasteiger partial charge in [0.2, 0.25) is 0 Å². The molecule has 1 aromatic carbocycles. The Morgan fingerprint density at radius 2 is 1.95 bits per heavy atom. The summed E-state index contributed by atoms with van der Waals surface area (Å²) in [6, 6.07) is 7.92. The Balaban J connectivity index is 2.31. The number of ether oxygens (including phenoxy) is 1. The molecule has 3 rings (SSSR count). The molecular formula is C16H15N3O2. The Labute approximate surface area is 122 Å². The molecule has 0 aliphatic carbocycles. The summed E-state index contributed by atoms with van der Waals surface area (Å²) in [5.41, 5.74) is 5.21. The predicted octanol–water partition coefficient (Wildman–Crippen LogP) is 2.80. The Morgan fingerprint density at radius 3 is 2.62 bits per heavy atom. The van der Waals surface area contributed by atoms with Crippen LogP contribution in [0.5, 0.6) is 0 Å². The first kappa shape index (κ1) is 13.3. The molecule has 0 fully saturated rings. The number of esters is 1. The van der Waals surface area contributed by atoms with Crippen molar-refractivity contribution in [3.63, 3.8) is 0 Å². The van der Waals surface area contributed by atoms with Gasteiger partial charge in [0.25, 0.3) is 0 Å². The molecule has 0 amide bonds. The lowest BCUT2D eigenvalue weighted by molar-refractivity contribution is 0.0602. The minimum absolute atomic E-state index is 0.412. The van der Waals surface area contributed by atoms with Gasteiger partial charge in [-0.15, -0.1) is 0 Å². The van der Waals surface area contributed by atoms with Crippen molar-refractivity contribution in [2.24, 2.45) is 0 Å². The Bertz CT molecular complexity index is 816. The summed E-state index contributed by atoms with van der Waals surface area (Å²) in [6.07, 6.45) is 3.31. The summed E-state index contributed by atoms with van der Waals surface area (Å²) in [6.45, 7) is 4.09. The largest absolute Gasteiger partial charge is 0.465 e. The fraction of sp³-hybridized carbons (Fsp3) is 0.188. The van der Waals surface area contributed by atoms with Gasteiger partial charge < -0.3 is 4.74 Å². The molecular weight excluding hydrogens is 266 g/mol. The summed E-state index contributed by atoms with van der Waals surface area (Å²) in [5, 5.41) is 4.14. The third kappa shape index (κ3) is 2.16. The molecule has 0 atom stereocenters. The number of pyridine rings is 1. The zero-order chi connectivity index (χ0) is 15.0. The molecule has 21 heavy (non-hydrogen) atoms. The van der Waals surface area contributed by atoms with Gasteiger partial charge in [0.15, 0.2) is 5.65 Å². The Kier molecular flexibility index (Phi) is 3.17. The van der Waals surface area contributed by atoms with Crippen molar-refractivity contribution in [1.82, 2.24) is 14.6 Å². The fourth-order valence-corrected chi connectivity index (χ4v) is 2.59. The number of methoxy groups -OCH3 is 1. The number of carbonyl (C=O) groups is 1. The van der Waals surface area contributed by atoms with Gasteiger partial charge in [0.1, 0.15) is 11.9 Å². The van der Waals surface area contributed by atoms with Gasteiger partial charge >= 0.3 is 5.97 Å². The van der Waals surface area contributed by atoms with Gasteiger partial charge in [0, 0.05) is 11.8 Å². The predicted molar refractivity (Wildman–Crippen MR) is 79.2 cm³/mol. The van der Waals surface area contributed by atoms with E-state index in [0.717, 1.165) is 22.3 Å². The lowest BCUT2D eigenvalue weighted by atomic mass is 9.96. The third-order valence-electron chi connectivity index (χ3n) is 3.55. The molecule has 0 saturated heterocycles. The van der Waals surface area contributed by atoms with Crippen molar-refractivity contribution in [2.45, 2.75) is 13.8 Å². The third-order valence-corrected chi connectivity index (χ3v) is 3.55. The van der Waals surface area contributed by atoms with E-state index in [9.17, 15) is 4.79 Å². The van der Waals surface area contributed by atoms with Crippen molar-refractivity contribution in [2.75, 3.05) is 7.11 Å². The van der Waals surface area contributed by atoms with E-state index in [0.29, 0.717) is 11.2 Å². The average Bonchev–Trinajstić information content (AvgIpc) is 2.93. The van der Waals surface area contributed by atoms with Gasteiger partial charge in [-0.25, -0.2) is 14.3 Å². The smallest absolute Gasteiger partial charge is 0.341 e. The van der Waals surface area contributed by atoms with E-state index in [1.807, 2.05) is 44.3 Å². The number of nitrogens with zero attached hydrogens (tertiary/aromatic N) is 3. The molecule has 0 spiro atoms. The standard InChI is InChI=1S/C16H15N3O2/c1-10-5-4-6-11(2)14(10)12-7-13(16(20)21-3)15-17-9-18-19(15)8-12/h4-9H,1-3H3. The van der Waals surface area contributed by atoms with Gasteiger partial charge in [-0.3, -0.25) is 0 Å². The highest BCUT2D eigenvalue weighted by Crippen LogP contribution is 2.28. The van der Waals surface area contributed by atoms with Crippen LogP contribution < -0.4 is 0 Å². The number of aromatic nitrogens is 3. The van der Waals surface area contributed by atoms with E-state index in [2.05, 4.69) is 10.1 Å². The maximum atomic E-state index is 12.0. The minimum Gasteiger partial charge on any atom is -0.465 e. The zero-order valence-electron chi connectivity index (χ0n) is 12.1. The van der Waals surface area contributed by atoms with Crippen LogP contribution in [0.1, 0.15) is 21.5 Å². The summed E-state index contributed by atoms with van der Waals surface area (Å²) in [7, 11) is 1.36. The van der Waals surface area contributed by atoms with Crippen molar-refractivity contribution in [3.05, 3.63) is 53.5 Å². The molecule has 0 bridgehead atoms. The number of carbonyl (C=O) groups excluding carboxylic acids is 1. The van der Waals surface area contributed by atoms with Crippen molar-refractivity contribution >= 4 is 11.6 Å². The Morgan fingerprint density at radius 1 is 1.24 bits per heavy atom. The van der Waals surface area contributed by atoms with Crippen molar-refractivity contribution in [3.8, 4) is 11.1 Å². The number of hydrogen-bond acceptors (Lipinski definition) is 4. The minimum atomic E-state index is -0.416. The number of aryl methyl sites for hydroxylation is 2. The second-order valence-electron chi connectivity index (χ2n) is 4.93. The molecule has 0 saturated carbocycles. The maximum absolute atomic E-state index is 12.0. The van der Waals surface area contributed by atoms with E-state index < -0.39 is 5.97 Å². The van der Waals surface area contributed by atoms with Crippen LogP contribution in [0.3, 0.4) is 0 Å². The van der Waals surface area contributed by atoms with Crippen LogP contribution in [0.15, 0.2) is 36.8 Å². The highest BCUT2D eigenvalue weighted by molar-refractivity contribution is 5.97. The summed E-state index contributed by atoms with van der Waals surface area (Å²) in [4.78, 5) is 16.1. The van der Waals surface area contributed by atoms with Crippen LogP contribution in [0.4, 0.5) is 0 Å². The van der Waals surface area contributed by atoms with Crippen LogP contribution in [0, 0.1) is 13.8 Å². The molecule has 2 heterocycles. The fourth-order valence-electron chi connectivity index (χ4n) is 2.59. The number of benzene rings is 1. The zero-order valence-corrected chi connectivity index (χ0v) is 12.1. The number of hydrogen-bond donors (Lipinski definition) is 0. The van der Waals surface area contributed by atoms with E-state index in [-0.39, 0.29) is 0 Å². The first-order valence-electron chi connectivity index (χ1n) is 6.60. The number of rotatable bonds is 2. The quantitative estimate of drug-likeness (QED) is 0.678. The van der Waals surface area contributed by atoms with Crippen LogP contribution in [0.2, 0.25) is 0 Å². The second kappa shape index (κ2) is 5.01. The summed E-state index contributed by atoms with van der Waals surface area (Å²) < 4.78 is 6.45. The lowest BCUT2D eigenvalue weighted by Crippen LogP contribution is -2.06. The van der Waals surface area contributed by atoms with Crippen molar-refractivity contribution < 1.29 is 9.53 Å². The highest BCUT2D eigenvalue weighted by atomic mass is 16.5. The summed E-state index contributed by atoms with van der Waals surface area (Å²) in [5.74, 6) is -0.416.